The first-order valence-electron chi connectivity index (χ1n) is 7.57. The smallest absolute Gasteiger partial charge is 0.0619 e. The minimum Gasteiger partial charge on any atom is -0.393 e. The summed E-state index contributed by atoms with van der Waals surface area (Å²) in [6.07, 6.45) is 3.30. The van der Waals surface area contributed by atoms with Gasteiger partial charge in [0.05, 0.1) is 19.3 Å². The quantitative estimate of drug-likeness (QED) is 0.838. The van der Waals surface area contributed by atoms with Crippen molar-refractivity contribution in [1.82, 2.24) is 4.90 Å². The molecule has 2 fully saturated rings. The molecule has 1 aliphatic heterocycles. The summed E-state index contributed by atoms with van der Waals surface area (Å²) in [4.78, 5) is 2.50. The summed E-state index contributed by atoms with van der Waals surface area (Å²) in [7, 11) is 0. The minimum atomic E-state index is -0.0879. The highest BCUT2D eigenvalue weighted by molar-refractivity contribution is 4.85. The van der Waals surface area contributed by atoms with E-state index < -0.39 is 0 Å². The molecule has 1 saturated carbocycles. The predicted octanol–water partition coefficient (Wildman–Crippen LogP) is 2.14. The van der Waals surface area contributed by atoms with Gasteiger partial charge in [-0.3, -0.25) is 4.90 Å². The first-order valence-corrected chi connectivity index (χ1v) is 7.57. The first kappa shape index (κ1) is 14.3. The van der Waals surface area contributed by atoms with Crippen molar-refractivity contribution in [2.75, 3.05) is 26.3 Å². The summed E-state index contributed by atoms with van der Waals surface area (Å²) in [5, 5.41) is 10.2. The van der Waals surface area contributed by atoms with Crippen molar-refractivity contribution in [3.05, 3.63) is 0 Å². The molecule has 4 unspecified atom stereocenters. The second-order valence-corrected chi connectivity index (χ2v) is 6.56. The van der Waals surface area contributed by atoms with Gasteiger partial charge in [0.1, 0.15) is 0 Å². The Kier molecular flexibility index (Phi) is 5.05. The molecule has 0 radical (unpaired) electrons. The van der Waals surface area contributed by atoms with Crippen LogP contribution in [0.4, 0.5) is 0 Å². The molecule has 1 saturated heterocycles. The Hall–Kier alpha value is -0.120. The van der Waals surface area contributed by atoms with Crippen LogP contribution in [0.1, 0.15) is 40.0 Å². The van der Waals surface area contributed by atoms with Crippen LogP contribution in [0.25, 0.3) is 0 Å². The van der Waals surface area contributed by atoms with Gasteiger partial charge in [0.25, 0.3) is 0 Å². The van der Waals surface area contributed by atoms with E-state index in [1.165, 1.54) is 12.8 Å². The highest BCUT2D eigenvalue weighted by atomic mass is 16.5. The molecule has 3 nitrogen and oxygen atoms in total. The van der Waals surface area contributed by atoms with Crippen molar-refractivity contribution < 1.29 is 9.84 Å². The molecule has 4 atom stereocenters. The van der Waals surface area contributed by atoms with Crippen LogP contribution in [-0.2, 0) is 4.74 Å². The standard InChI is InChI=1S/C15H29NO2/c1-11(2)13-4-5-15(17)14(8-13)9-16-6-7-18-10-12(16)3/h11-15,17H,4-10H2,1-3H3. The molecule has 0 amide bonds. The van der Waals surface area contributed by atoms with Crippen LogP contribution in [-0.4, -0.2) is 48.5 Å². The Balaban J connectivity index is 1.89. The third-order valence-electron chi connectivity index (χ3n) is 4.90. The predicted molar refractivity (Wildman–Crippen MR) is 73.5 cm³/mol. The lowest BCUT2D eigenvalue weighted by Gasteiger charge is -2.41. The summed E-state index contributed by atoms with van der Waals surface area (Å²) in [5.41, 5.74) is 0. The van der Waals surface area contributed by atoms with E-state index in [1.807, 2.05) is 0 Å². The molecule has 0 bridgehead atoms. The van der Waals surface area contributed by atoms with Gasteiger partial charge in [-0.2, -0.15) is 0 Å². The molecule has 1 N–H and O–H groups in total. The van der Waals surface area contributed by atoms with Crippen molar-refractivity contribution in [1.29, 1.82) is 0 Å². The first-order chi connectivity index (χ1) is 8.58. The van der Waals surface area contributed by atoms with Gasteiger partial charge in [-0.1, -0.05) is 13.8 Å². The van der Waals surface area contributed by atoms with E-state index in [-0.39, 0.29) is 6.10 Å². The van der Waals surface area contributed by atoms with Gasteiger partial charge in [-0.25, -0.2) is 0 Å². The summed E-state index contributed by atoms with van der Waals surface area (Å²) >= 11 is 0. The highest BCUT2D eigenvalue weighted by Crippen LogP contribution is 2.34. The largest absolute Gasteiger partial charge is 0.393 e. The molecule has 0 aromatic rings. The summed E-state index contributed by atoms with van der Waals surface area (Å²) in [6, 6.07) is 0.505. The molecule has 3 heteroatoms. The van der Waals surface area contributed by atoms with E-state index in [9.17, 15) is 5.11 Å². The van der Waals surface area contributed by atoms with Crippen molar-refractivity contribution in [2.24, 2.45) is 17.8 Å². The molecule has 2 aliphatic rings. The van der Waals surface area contributed by atoms with Gasteiger partial charge in [0.15, 0.2) is 0 Å². The van der Waals surface area contributed by atoms with Gasteiger partial charge < -0.3 is 9.84 Å². The highest BCUT2D eigenvalue weighted by Gasteiger charge is 2.33. The zero-order valence-corrected chi connectivity index (χ0v) is 12.1. The third-order valence-corrected chi connectivity index (χ3v) is 4.90. The van der Waals surface area contributed by atoms with Gasteiger partial charge in [0.2, 0.25) is 0 Å². The van der Waals surface area contributed by atoms with E-state index in [4.69, 9.17) is 4.74 Å². The lowest BCUT2D eigenvalue weighted by molar-refractivity contribution is -0.0357. The average Bonchev–Trinajstić information content (AvgIpc) is 2.34. The molecule has 0 aromatic heterocycles. The number of hydrogen-bond donors (Lipinski definition) is 1. The fraction of sp³-hybridized carbons (Fsp3) is 1.00. The molecule has 1 aliphatic carbocycles. The lowest BCUT2D eigenvalue weighted by Crippen LogP contribution is -2.48. The number of morpholine rings is 1. The zero-order valence-electron chi connectivity index (χ0n) is 12.1. The summed E-state index contributed by atoms with van der Waals surface area (Å²) in [5.74, 6) is 2.02. The van der Waals surface area contributed by atoms with Gasteiger partial charge in [-0.05, 0) is 43.9 Å². The number of nitrogens with zero attached hydrogens (tertiary/aromatic N) is 1. The molecule has 0 aromatic carbocycles. The maximum Gasteiger partial charge on any atom is 0.0619 e. The molecule has 0 spiro atoms. The maximum absolute atomic E-state index is 10.2. The Morgan fingerprint density at radius 2 is 2.11 bits per heavy atom. The van der Waals surface area contributed by atoms with Gasteiger partial charge in [0, 0.05) is 19.1 Å². The Labute approximate surface area is 112 Å². The van der Waals surface area contributed by atoms with Crippen LogP contribution in [0.15, 0.2) is 0 Å². The number of rotatable bonds is 3. The van der Waals surface area contributed by atoms with E-state index in [2.05, 4.69) is 25.7 Å². The van der Waals surface area contributed by atoms with Crippen LogP contribution in [0, 0.1) is 17.8 Å². The van der Waals surface area contributed by atoms with Crippen LogP contribution in [0.5, 0.6) is 0 Å². The van der Waals surface area contributed by atoms with Crippen molar-refractivity contribution in [3.8, 4) is 0 Å². The van der Waals surface area contributed by atoms with Crippen molar-refractivity contribution >= 4 is 0 Å². The average molecular weight is 255 g/mol. The normalized spacial score (nSPS) is 39.2. The number of hydrogen-bond acceptors (Lipinski definition) is 3. The van der Waals surface area contributed by atoms with Crippen LogP contribution in [0.3, 0.4) is 0 Å². The molecular weight excluding hydrogens is 226 g/mol. The summed E-state index contributed by atoms with van der Waals surface area (Å²) in [6.45, 7) is 10.6. The number of ether oxygens (including phenoxy) is 1. The van der Waals surface area contributed by atoms with E-state index in [0.717, 1.165) is 44.6 Å². The zero-order chi connectivity index (χ0) is 13.1. The van der Waals surface area contributed by atoms with Gasteiger partial charge in [-0.15, -0.1) is 0 Å². The minimum absolute atomic E-state index is 0.0879. The van der Waals surface area contributed by atoms with Crippen LogP contribution in [0.2, 0.25) is 0 Å². The maximum atomic E-state index is 10.2. The third kappa shape index (κ3) is 3.46. The van der Waals surface area contributed by atoms with Crippen molar-refractivity contribution in [3.63, 3.8) is 0 Å². The molecular formula is C15H29NO2. The fourth-order valence-electron chi connectivity index (χ4n) is 3.42. The van der Waals surface area contributed by atoms with E-state index in [0.29, 0.717) is 12.0 Å². The second kappa shape index (κ2) is 6.36. The Morgan fingerprint density at radius 3 is 2.78 bits per heavy atom. The molecule has 18 heavy (non-hydrogen) atoms. The van der Waals surface area contributed by atoms with Gasteiger partial charge >= 0.3 is 0 Å². The topological polar surface area (TPSA) is 32.7 Å². The van der Waals surface area contributed by atoms with E-state index in [1.54, 1.807) is 0 Å². The van der Waals surface area contributed by atoms with Crippen LogP contribution >= 0.6 is 0 Å². The monoisotopic (exact) mass is 255 g/mol. The SMILES string of the molecule is CC(C)C1CCC(O)C(CN2CCOCC2C)C1. The second-order valence-electron chi connectivity index (χ2n) is 6.56. The Bertz CT molecular complexity index is 257. The van der Waals surface area contributed by atoms with E-state index >= 15 is 0 Å². The molecule has 2 rings (SSSR count). The van der Waals surface area contributed by atoms with Crippen LogP contribution < -0.4 is 0 Å². The molecule has 1 heterocycles. The number of aliphatic hydroxyl groups excluding tert-OH is 1. The number of aliphatic hydroxyl groups is 1. The van der Waals surface area contributed by atoms with Crippen molar-refractivity contribution in [2.45, 2.75) is 52.2 Å². The molecule has 106 valence electrons. The fourth-order valence-corrected chi connectivity index (χ4v) is 3.42. The lowest BCUT2D eigenvalue weighted by atomic mass is 9.74. The Morgan fingerprint density at radius 1 is 1.33 bits per heavy atom. The summed E-state index contributed by atoms with van der Waals surface area (Å²) < 4.78 is 5.48.